The monoisotopic (exact) mass is 344 g/mol. The Labute approximate surface area is 140 Å². The Morgan fingerprint density at radius 3 is 2.67 bits per heavy atom. The van der Waals surface area contributed by atoms with Crippen LogP contribution in [0.3, 0.4) is 0 Å². The maximum absolute atomic E-state index is 12.2. The van der Waals surface area contributed by atoms with E-state index in [0.717, 1.165) is 5.56 Å². The van der Waals surface area contributed by atoms with Crippen molar-refractivity contribution in [2.75, 3.05) is 19.5 Å². The number of rotatable bonds is 4. The number of benzene rings is 2. The molecule has 7 heteroatoms. The van der Waals surface area contributed by atoms with Gasteiger partial charge in [0.15, 0.2) is 0 Å². The Balaban J connectivity index is 2.05. The first-order chi connectivity index (χ1) is 11.4. The molecule has 0 saturated carbocycles. The molecule has 1 amide bonds. The molecule has 124 valence electrons. The van der Waals surface area contributed by atoms with Gasteiger partial charge in [-0.1, -0.05) is 12.1 Å². The molecule has 2 aromatic carbocycles. The molecule has 0 fully saturated rings. The number of hydrogen-bond donors (Lipinski definition) is 2. The van der Waals surface area contributed by atoms with Crippen LogP contribution in [0.1, 0.15) is 11.1 Å². The molecule has 0 radical (unpaired) electrons. The smallest absolute Gasteiger partial charge is 0.256 e. The normalized spacial score (nSPS) is 15.2. The fraction of sp³-hybridized carbons (Fsp3) is 0.118. The van der Waals surface area contributed by atoms with Crippen LogP contribution in [0.2, 0.25) is 0 Å². The van der Waals surface area contributed by atoms with E-state index in [9.17, 15) is 13.2 Å². The number of nitrogens with one attached hydrogen (secondary N) is 2. The molecule has 0 aromatic heterocycles. The average molecular weight is 344 g/mol. The van der Waals surface area contributed by atoms with Crippen LogP contribution in [0, 0.1) is 0 Å². The first-order valence-electron chi connectivity index (χ1n) is 7.19. The van der Waals surface area contributed by atoms with E-state index in [1.807, 2.05) is 0 Å². The molecule has 1 aliphatic rings. The lowest BCUT2D eigenvalue weighted by molar-refractivity contribution is -0.110. The SMILES string of the molecule is CNS(=O)(=O)c1cccc(C=C2C(=O)Nc3cc(OC)ccc32)c1. The molecule has 24 heavy (non-hydrogen) atoms. The number of fused-ring (bicyclic) bond motifs is 1. The van der Waals surface area contributed by atoms with Gasteiger partial charge in [0, 0.05) is 17.2 Å². The third kappa shape index (κ3) is 2.91. The summed E-state index contributed by atoms with van der Waals surface area (Å²) < 4.78 is 31.2. The fourth-order valence-electron chi connectivity index (χ4n) is 2.50. The fourth-order valence-corrected chi connectivity index (χ4v) is 3.28. The standard InChI is InChI=1S/C17H16N2O4S/c1-18-24(21,22)13-5-3-4-11(8-13)9-15-14-7-6-12(23-2)10-16(14)19-17(15)20/h3-10,18H,1-2H3,(H,19,20). The Bertz CT molecular complexity index is 949. The number of anilines is 1. The zero-order valence-electron chi connectivity index (χ0n) is 13.2. The third-order valence-electron chi connectivity index (χ3n) is 3.76. The second-order valence-electron chi connectivity index (χ2n) is 5.20. The molecule has 1 heterocycles. The lowest BCUT2D eigenvalue weighted by Crippen LogP contribution is -2.18. The van der Waals surface area contributed by atoms with E-state index in [0.29, 0.717) is 22.6 Å². The maximum atomic E-state index is 12.2. The van der Waals surface area contributed by atoms with Crippen LogP contribution in [0.5, 0.6) is 5.75 Å². The topological polar surface area (TPSA) is 84.5 Å². The minimum atomic E-state index is -3.53. The van der Waals surface area contributed by atoms with Crippen LogP contribution in [0.4, 0.5) is 5.69 Å². The molecular formula is C17H16N2O4S. The van der Waals surface area contributed by atoms with Crippen molar-refractivity contribution >= 4 is 33.3 Å². The van der Waals surface area contributed by atoms with Crippen molar-refractivity contribution in [2.45, 2.75) is 4.90 Å². The van der Waals surface area contributed by atoms with E-state index >= 15 is 0 Å². The van der Waals surface area contributed by atoms with Crippen molar-refractivity contribution < 1.29 is 17.9 Å². The van der Waals surface area contributed by atoms with Gasteiger partial charge in [0.1, 0.15) is 5.75 Å². The molecule has 2 aromatic rings. The molecule has 0 spiro atoms. The highest BCUT2D eigenvalue weighted by atomic mass is 32.2. The quantitative estimate of drug-likeness (QED) is 0.832. The van der Waals surface area contributed by atoms with Crippen LogP contribution in [0.25, 0.3) is 11.6 Å². The van der Waals surface area contributed by atoms with Crippen molar-refractivity contribution in [2.24, 2.45) is 0 Å². The van der Waals surface area contributed by atoms with Crippen molar-refractivity contribution in [1.29, 1.82) is 0 Å². The highest BCUT2D eigenvalue weighted by molar-refractivity contribution is 7.89. The number of carbonyl (C=O) groups is 1. The van der Waals surface area contributed by atoms with E-state index < -0.39 is 10.0 Å². The van der Waals surface area contributed by atoms with Gasteiger partial charge in [-0.05, 0) is 43.0 Å². The minimum absolute atomic E-state index is 0.146. The van der Waals surface area contributed by atoms with Gasteiger partial charge >= 0.3 is 0 Å². The van der Waals surface area contributed by atoms with Crippen LogP contribution in [-0.2, 0) is 14.8 Å². The van der Waals surface area contributed by atoms with Gasteiger partial charge in [-0.15, -0.1) is 0 Å². The summed E-state index contributed by atoms with van der Waals surface area (Å²) in [5.74, 6) is 0.414. The Kier molecular flexibility index (Phi) is 4.13. The zero-order chi connectivity index (χ0) is 17.3. The summed E-state index contributed by atoms with van der Waals surface area (Å²) in [6, 6.07) is 11.7. The Morgan fingerprint density at radius 2 is 1.96 bits per heavy atom. The van der Waals surface area contributed by atoms with Gasteiger partial charge in [-0.2, -0.15) is 0 Å². The summed E-state index contributed by atoms with van der Waals surface area (Å²) >= 11 is 0. The molecule has 0 bridgehead atoms. The van der Waals surface area contributed by atoms with Crippen molar-refractivity contribution in [1.82, 2.24) is 4.72 Å². The summed E-state index contributed by atoms with van der Waals surface area (Å²) in [5, 5.41) is 2.78. The predicted molar refractivity (Wildman–Crippen MR) is 92.2 cm³/mol. The Hall–Kier alpha value is -2.64. The number of ether oxygens (including phenoxy) is 1. The molecule has 0 atom stereocenters. The molecule has 6 nitrogen and oxygen atoms in total. The van der Waals surface area contributed by atoms with Crippen molar-refractivity contribution in [3.05, 3.63) is 53.6 Å². The predicted octanol–water partition coefficient (Wildman–Crippen LogP) is 2.10. The highest BCUT2D eigenvalue weighted by Gasteiger charge is 2.24. The first kappa shape index (κ1) is 16.2. The molecule has 1 aliphatic heterocycles. The van der Waals surface area contributed by atoms with E-state index in [1.165, 1.54) is 19.2 Å². The van der Waals surface area contributed by atoms with Crippen LogP contribution < -0.4 is 14.8 Å². The molecule has 0 saturated heterocycles. The van der Waals surface area contributed by atoms with Gasteiger partial charge in [0.25, 0.3) is 5.91 Å². The molecule has 3 rings (SSSR count). The largest absolute Gasteiger partial charge is 0.497 e. The van der Waals surface area contributed by atoms with Gasteiger partial charge in [-0.3, -0.25) is 4.79 Å². The number of carbonyl (C=O) groups excluding carboxylic acids is 1. The van der Waals surface area contributed by atoms with Crippen LogP contribution >= 0.6 is 0 Å². The number of amides is 1. The summed E-state index contributed by atoms with van der Waals surface area (Å²) in [6.45, 7) is 0. The highest BCUT2D eigenvalue weighted by Crippen LogP contribution is 2.35. The van der Waals surface area contributed by atoms with E-state index in [2.05, 4.69) is 10.0 Å². The van der Waals surface area contributed by atoms with E-state index in [1.54, 1.807) is 43.5 Å². The summed E-state index contributed by atoms with van der Waals surface area (Å²) in [7, 11) is -0.620. The second kappa shape index (κ2) is 6.10. The Morgan fingerprint density at radius 1 is 1.17 bits per heavy atom. The maximum Gasteiger partial charge on any atom is 0.256 e. The lowest BCUT2D eigenvalue weighted by Gasteiger charge is -2.04. The summed E-state index contributed by atoms with van der Waals surface area (Å²) in [6.07, 6.45) is 1.67. The van der Waals surface area contributed by atoms with Crippen molar-refractivity contribution in [3.8, 4) is 5.75 Å². The number of hydrogen-bond acceptors (Lipinski definition) is 4. The lowest BCUT2D eigenvalue weighted by atomic mass is 10.0. The first-order valence-corrected chi connectivity index (χ1v) is 8.68. The number of sulfonamides is 1. The minimum Gasteiger partial charge on any atom is -0.497 e. The number of methoxy groups -OCH3 is 1. The van der Waals surface area contributed by atoms with Gasteiger partial charge in [-0.25, -0.2) is 13.1 Å². The van der Waals surface area contributed by atoms with Crippen molar-refractivity contribution in [3.63, 3.8) is 0 Å². The van der Waals surface area contributed by atoms with E-state index in [4.69, 9.17) is 4.74 Å². The summed E-state index contributed by atoms with van der Waals surface area (Å²) in [5.41, 5.74) is 2.53. The summed E-state index contributed by atoms with van der Waals surface area (Å²) in [4.78, 5) is 12.4. The third-order valence-corrected chi connectivity index (χ3v) is 5.17. The van der Waals surface area contributed by atoms with Gasteiger partial charge in [0.2, 0.25) is 10.0 Å². The van der Waals surface area contributed by atoms with Crippen LogP contribution in [-0.4, -0.2) is 28.5 Å². The van der Waals surface area contributed by atoms with Gasteiger partial charge < -0.3 is 10.1 Å². The van der Waals surface area contributed by atoms with E-state index in [-0.39, 0.29) is 10.8 Å². The van der Waals surface area contributed by atoms with Gasteiger partial charge in [0.05, 0.1) is 17.7 Å². The molecule has 0 aliphatic carbocycles. The molecular weight excluding hydrogens is 328 g/mol. The molecule has 2 N–H and O–H groups in total. The average Bonchev–Trinajstić information content (AvgIpc) is 2.90. The zero-order valence-corrected chi connectivity index (χ0v) is 14.0. The van der Waals surface area contributed by atoms with Crippen LogP contribution in [0.15, 0.2) is 47.4 Å². The molecule has 0 unspecified atom stereocenters. The second-order valence-corrected chi connectivity index (χ2v) is 7.09.